The number of thioether (sulfide) groups is 1. The van der Waals surface area contributed by atoms with E-state index in [1.807, 2.05) is 6.20 Å². The summed E-state index contributed by atoms with van der Waals surface area (Å²) >= 11 is 3.32. The molecule has 0 aliphatic carbocycles. The lowest BCUT2D eigenvalue weighted by atomic mass is 10.5. The van der Waals surface area contributed by atoms with Gasteiger partial charge in [-0.15, -0.1) is 11.8 Å². The molecule has 1 aromatic rings. The summed E-state index contributed by atoms with van der Waals surface area (Å²) in [6.07, 6.45) is 1.82. The average molecular weight is 273 g/mol. The Morgan fingerprint density at radius 2 is 2.24 bits per heavy atom. The zero-order chi connectivity index (χ0) is 12.7. The van der Waals surface area contributed by atoms with Gasteiger partial charge < -0.3 is 10.2 Å². The Hall–Kier alpha value is -0.590. The molecule has 1 amide bonds. The van der Waals surface area contributed by atoms with E-state index in [1.165, 1.54) is 18.3 Å². The first kappa shape index (κ1) is 14.5. The molecule has 0 aromatic carbocycles. The Kier molecular flexibility index (Phi) is 6.54. The average Bonchev–Trinajstić information content (AvgIpc) is 2.71. The molecule has 0 unspecified atom stereocenters. The van der Waals surface area contributed by atoms with E-state index in [1.54, 1.807) is 11.8 Å². The largest absolute Gasteiger partial charge is 0.303 e. The summed E-state index contributed by atoms with van der Waals surface area (Å²) in [5.74, 6) is 0.989. The summed E-state index contributed by atoms with van der Waals surface area (Å²) in [6.45, 7) is 9.12. The summed E-state index contributed by atoms with van der Waals surface area (Å²) in [5.41, 5.74) is 0. The van der Waals surface area contributed by atoms with Gasteiger partial charge in [-0.1, -0.05) is 25.2 Å². The number of thiazole rings is 1. The van der Waals surface area contributed by atoms with Crippen molar-refractivity contribution in [3.63, 3.8) is 0 Å². The van der Waals surface area contributed by atoms with Crippen molar-refractivity contribution in [2.75, 3.05) is 30.7 Å². The maximum absolute atomic E-state index is 10.8. The third-order valence-corrected chi connectivity index (χ3v) is 4.40. The Bertz CT molecular complexity index is 350. The smallest absolute Gasteiger partial charge is 0.223 e. The molecule has 0 bridgehead atoms. The summed E-state index contributed by atoms with van der Waals surface area (Å²) in [6, 6.07) is 0. The summed E-state index contributed by atoms with van der Waals surface area (Å²) in [7, 11) is 0. The second kappa shape index (κ2) is 7.68. The molecule has 0 aliphatic rings. The molecule has 0 radical (unpaired) electrons. The molecule has 0 saturated carbocycles. The van der Waals surface area contributed by atoms with Crippen LogP contribution in [-0.4, -0.2) is 41.2 Å². The first-order valence-corrected chi connectivity index (χ1v) is 7.54. The second-order valence-corrected chi connectivity index (χ2v) is 5.97. The predicted octanol–water partition coefficient (Wildman–Crippen LogP) is 2.54. The first-order chi connectivity index (χ1) is 8.15. The topological polar surface area (TPSA) is 45.2 Å². The number of carbonyl (C=O) groups is 1. The Balaban J connectivity index is 2.32. The lowest BCUT2D eigenvalue weighted by Gasteiger charge is -2.16. The standard InChI is InChI=1S/C11H19N3OS2/c1-4-14(5-2)6-7-16-10-8-12-11(17-10)13-9(3)15/h8H,4-7H2,1-3H3,(H,12,13,15). The van der Waals surface area contributed by atoms with E-state index in [0.717, 1.165) is 29.6 Å². The van der Waals surface area contributed by atoms with E-state index in [9.17, 15) is 4.79 Å². The van der Waals surface area contributed by atoms with Crippen molar-refractivity contribution in [2.24, 2.45) is 0 Å². The van der Waals surface area contributed by atoms with Crippen LogP contribution in [0.2, 0.25) is 0 Å². The number of hydrogen-bond donors (Lipinski definition) is 1. The van der Waals surface area contributed by atoms with Crippen molar-refractivity contribution in [1.29, 1.82) is 0 Å². The fraction of sp³-hybridized carbons (Fsp3) is 0.636. The highest BCUT2D eigenvalue weighted by Gasteiger charge is 2.05. The molecule has 0 fully saturated rings. The van der Waals surface area contributed by atoms with E-state index in [4.69, 9.17) is 0 Å². The van der Waals surface area contributed by atoms with Crippen LogP contribution in [0, 0.1) is 0 Å². The summed E-state index contributed by atoms with van der Waals surface area (Å²) in [4.78, 5) is 17.4. The molecule has 1 heterocycles. The molecular weight excluding hydrogens is 254 g/mol. The van der Waals surface area contributed by atoms with E-state index in [0.29, 0.717) is 5.13 Å². The lowest BCUT2D eigenvalue weighted by Crippen LogP contribution is -2.25. The maximum Gasteiger partial charge on any atom is 0.223 e. The van der Waals surface area contributed by atoms with Crippen LogP contribution >= 0.6 is 23.1 Å². The molecule has 6 heteroatoms. The molecule has 0 spiro atoms. The van der Waals surface area contributed by atoms with E-state index >= 15 is 0 Å². The SMILES string of the molecule is CCN(CC)CCSc1cnc(NC(C)=O)s1. The van der Waals surface area contributed by atoms with Gasteiger partial charge in [0.15, 0.2) is 5.13 Å². The number of aromatic nitrogens is 1. The van der Waals surface area contributed by atoms with Gasteiger partial charge in [-0.2, -0.15) is 0 Å². The Morgan fingerprint density at radius 3 is 2.82 bits per heavy atom. The third kappa shape index (κ3) is 5.52. The number of amides is 1. The highest BCUT2D eigenvalue weighted by molar-refractivity contribution is 8.01. The van der Waals surface area contributed by atoms with Gasteiger partial charge in [0, 0.05) is 19.2 Å². The number of nitrogens with one attached hydrogen (secondary N) is 1. The van der Waals surface area contributed by atoms with Crippen molar-refractivity contribution >= 4 is 34.1 Å². The Labute approximate surface area is 111 Å². The van der Waals surface area contributed by atoms with Crippen LogP contribution in [-0.2, 0) is 4.79 Å². The second-order valence-electron chi connectivity index (χ2n) is 3.54. The van der Waals surface area contributed by atoms with Crippen LogP contribution < -0.4 is 5.32 Å². The number of rotatable bonds is 7. The van der Waals surface area contributed by atoms with E-state index in [2.05, 4.69) is 29.0 Å². The molecule has 0 aliphatic heterocycles. The minimum Gasteiger partial charge on any atom is -0.303 e. The number of hydrogen-bond acceptors (Lipinski definition) is 5. The number of carbonyl (C=O) groups excluding carboxylic acids is 1. The predicted molar refractivity (Wildman–Crippen MR) is 74.9 cm³/mol. The van der Waals surface area contributed by atoms with Crippen molar-refractivity contribution in [1.82, 2.24) is 9.88 Å². The number of nitrogens with zero attached hydrogens (tertiary/aromatic N) is 2. The molecule has 1 rings (SSSR count). The minimum absolute atomic E-state index is 0.0703. The van der Waals surface area contributed by atoms with Gasteiger partial charge >= 0.3 is 0 Å². The first-order valence-electron chi connectivity index (χ1n) is 5.74. The normalized spacial score (nSPS) is 10.8. The van der Waals surface area contributed by atoms with Gasteiger partial charge in [-0.05, 0) is 13.1 Å². The fourth-order valence-electron chi connectivity index (χ4n) is 1.35. The summed E-state index contributed by atoms with van der Waals surface area (Å²) in [5, 5.41) is 3.37. The van der Waals surface area contributed by atoms with Gasteiger partial charge in [0.05, 0.1) is 10.4 Å². The van der Waals surface area contributed by atoms with E-state index < -0.39 is 0 Å². The van der Waals surface area contributed by atoms with Crippen LogP contribution in [0.5, 0.6) is 0 Å². The molecule has 4 nitrogen and oxygen atoms in total. The van der Waals surface area contributed by atoms with Crippen LogP contribution in [0.15, 0.2) is 10.4 Å². The van der Waals surface area contributed by atoms with Gasteiger partial charge in [0.1, 0.15) is 0 Å². The zero-order valence-corrected chi connectivity index (χ0v) is 12.2. The van der Waals surface area contributed by atoms with Gasteiger partial charge in [0.25, 0.3) is 0 Å². The van der Waals surface area contributed by atoms with Gasteiger partial charge in [-0.25, -0.2) is 4.98 Å². The summed E-state index contributed by atoms with van der Waals surface area (Å²) < 4.78 is 1.15. The van der Waals surface area contributed by atoms with Gasteiger partial charge in [0.2, 0.25) is 5.91 Å². The van der Waals surface area contributed by atoms with Crippen molar-refractivity contribution in [3.8, 4) is 0 Å². The monoisotopic (exact) mass is 273 g/mol. The fourth-order valence-corrected chi connectivity index (χ4v) is 3.35. The molecule has 96 valence electrons. The third-order valence-electron chi connectivity index (χ3n) is 2.31. The Morgan fingerprint density at radius 1 is 1.53 bits per heavy atom. The maximum atomic E-state index is 10.8. The lowest BCUT2D eigenvalue weighted by molar-refractivity contribution is -0.114. The van der Waals surface area contributed by atoms with Crippen molar-refractivity contribution in [3.05, 3.63) is 6.20 Å². The quantitative estimate of drug-likeness (QED) is 0.775. The highest BCUT2D eigenvalue weighted by atomic mass is 32.2. The van der Waals surface area contributed by atoms with Crippen LogP contribution in [0.1, 0.15) is 20.8 Å². The number of anilines is 1. The van der Waals surface area contributed by atoms with Crippen LogP contribution in [0.4, 0.5) is 5.13 Å². The molecule has 1 N–H and O–H groups in total. The molecule has 0 saturated heterocycles. The van der Waals surface area contributed by atoms with Crippen molar-refractivity contribution in [2.45, 2.75) is 25.0 Å². The van der Waals surface area contributed by atoms with Crippen LogP contribution in [0.3, 0.4) is 0 Å². The zero-order valence-electron chi connectivity index (χ0n) is 10.5. The van der Waals surface area contributed by atoms with Crippen LogP contribution in [0.25, 0.3) is 0 Å². The molecule has 17 heavy (non-hydrogen) atoms. The molecule has 1 aromatic heterocycles. The van der Waals surface area contributed by atoms with E-state index in [-0.39, 0.29) is 5.91 Å². The van der Waals surface area contributed by atoms with Crippen molar-refractivity contribution < 1.29 is 4.79 Å². The molecule has 0 atom stereocenters. The highest BCUT2D eigenvalue weighted by Crippen LogP contribution is 2.27. The van der Waals surface area contributed by atoms with Gasteiger partial charge in [-0.3, -0.25) is 4.79 Å². The molecular formula is C11H19N3OS2. The minimum atomic E-state index is -0.0703.